The van der Waals surface area contributed by atoms with Crippen LogP contribution in [0.4, 0.5) is 0 Å². The van der Waals surface area contributed by atoms with Gasteiger partial charge in [-0.3, -0.25) is 9.48 Å². The Kier molecular flexibility index (Phi) is 2.88. The Bertz CT molecular complexity index is 794. The molecule has 0 saturated heterocycles. The fraction of sp³-hybridized carbons (Fsp3) is 0.294. The van der Waals surface area contributed by atoms with Crippen molar-refractivity contribution in [3.63, 3.8) is 0 Å². The van der Waals surface area contributed by atoms with E-state index in [0.717, 1.165) is 41.4 Å². The number of hydrogen-bond donors (Lipinski definition) is 0. The minimum absolute atomic E-state index is 0.426. The first-order valence-electron chi connectivity index (χ1n) is 7.38. The van der Waals surface area contributed by atoms with Crippen LogP contribution in [0.1, 0.15) is 42.1 Å². The number of aldehydes is 1. The highest BCUT2D eigenvalue weighted by atomic mass is 16.3. The number of rotatable bonds is 3. The van der Waals surface area contributed by atoms with Crippen molar-refractivity contribution in [2.24, 2.45) is 0 Å². The number of fused-ring (bicyclic) bond motifs is 1. The van der Waals surface area contributed by atoms with E-state index in [1.165, 1.54) is 12.8 Å². The number of hydrogen-bond acceptors (Lipinski definition) is 3. The molecular formula is C17H16N2O2. The number of nitrogens with zero attached hydrogens (tertiary/aromatic N) is 2. The molecule has 1 saturated carbocycles. The van der Waals surface area contributed by atoms with Crippen molar-refractivity contribution in [1.82, 2.24) is 9.78 Å². The van der Waals surface area contributed by atoms with Crippen molar-refractivity contribution >= 4 is 17.3 Å². The van der Waals surface area contributed by atoms with Crippen molar-refractivity contribution < 1.29 is 9.21 Å². The molecule has 1 fully saturated rings. The summed E-state index contributed by atoms with van der Waals surface area (Å²) in [5.41, 5.74) is 3.07. The summed E-state index contributed by atoms with van der Waals surface area (Å²) in [5.74, 6) is 0. The van der Waals surface area contributed by atoms with E-state index < -0.39 is 0 Å². The molecule has 0 radical (unpaired) electrons. The molecule has 1 aliphatic carbocycles. The van der Waals surface area contributed by atoms with E-state index in [1.54, 1.807) is 6.26 Å². The van der Waals surface area contributed by atoms with Gasteiger partial charge in [0.1, 0.15) is 17.5 Å². The third-order valence-corrected chi connectivity index (χ3v) is 4.32. The Morgan fingerprint density at radius 1 is 1.24 bits per heavy atom. The first-order valence-corrected chi connectivity index (χ1v) is 7.38. The number of carbonyl (C=O) groups excluding carboxylic acids is 1. The summed E-state index contributed by atoms with van der Waals surface area (Å²) in [6.07, 6.45) is 9.22. The normalized spacial score (nSPS) is 15.8. The fourth-order valence-electron chi connectivity index (χ4n) is 3.22. The summed E-state index contributed by atoms with van der Waals surface area (Å²) in [4.78, 5) is 11.4. The minimum Gasteiger partial charge on any atom is -0.464 e. The third kappa shape index (κ3) is 1.98. The van der Waals surface area contributed by atoms with Gasteiger partial charge >= 0.3 is 0 Å². The van der Waals surface area contributed by atoms with Crippen molar-refractivity contribution in [2.45, 2.75) is 31.7 Å². The second-order valence-electron chi connectivity index (χ2n) is 5.61. The van der Waals surface area contributed by atoms with Crippen molar-refractivity contribution in [1.29, 1.82) is 0 Å². The molecule has 1 aromatic carbocycles. The van der Waals surface area contributed by atoms with Gasteiger partial charge in [0.2, 0.25) is 0 Å². The molecule has 1 aliphatic rings. The predicted molar refractivity (Wildman–Crippen MR) is 80.3 cm³/mol. The number of carbonyl (C=O) groups is 1. The summed E-state index contributed by atoms with van der Waals surface area (Å²) < 4.78 is 7.54. The molecule has 0 spiro atoms. The van der Waals surface area contributed by atoms with Crippen LogP contribution in [0.3, 0.4) is 0 Å². The van der Waals surface area contributed by atoms with Gasteiger partial charge in [0.05, 0.1) is 11.6 Å². The van der Waals surface area contributed by atoms with Crippen molar-refractivity contribution in [3.05, 3.63) is 42.3 Å². The lowest BCUT2D eigenvalue weighted by Crippen LogP contribution is -2.04. The zero-order valence-electron chi connectivity index (χ0n) is 11.7. The van der Waals surface area contributed by atoms with Crippen LogP contribution in [0.15, 0.2) is 41.1 Å². The smallest absolute Gasteiger partial charge is 0.153 e. The Labute approximate surface area is 122 Å². The lowest BCUT2D eigenvalue weighted by Gasteiger charge is -2.08. The highest BCUT2D eigenvalue weighted by Gasteiger charge is 2.21. The van der Waals surface area contributed by atoms with Crippen LogP contribution >= 0.6 is 0 Å². The second kappa shape index (κ2) is 4.88. The Morgan fingerprint density at radius 2 is 2.05 bits per heavy atom. The van der Waals surface area contributed by atoms with E-state index in [4.69, 9.17) is 4.42 Å². The number of aromatic nitrogens is 2. The van der Waals surface area contributed by atoms with E-state index >= 15 is 0 Å². The largest absolute Gasteiger partial charge is 0.464 e. The SMILES string of the molecule is O=Cc1cn(C2CCCC2)nc1-c1coc2ccccc12. The highest BCUT2D eigenvalue weighted by Crippen LogP contribution is 2.34. The van der Waals surface area contributed by atoms with Gasteiger partial charge < -0.3 is 4.42 Å². The summed E-state index contributed by atoms with van der Waals surface area (Å²) in [5, 5.41) is 5.68. The molecule has 0 unspecified atom stereocenters. The molecule has 4 nitrogen and oxygen atoms in total. The molecule has 2 heterocycles. The maximum atomic E-state index is 11.4. The van der Waals surface area contributed by atoms with Crippen LogP contribution < -0.4 is 0 Å². The van der Waals surface area contributed by atoms with Gasteiger partial charge in [0.15, 0.2) is 6.29 Å². The van der Waals surface area contributed by atoms with Crippen LogP contribution in [0.5, 0.6) is 0 Å². The zero-order valence-corrected chi connectivity index (χ0v) is 11.7. The van der Waals surface area contributed by atoms with E-state index in [0.29, 0.717) is 11.6 Å². The Morgan fingerprint density at radius 3 is 2.86 bits per heavy atom. The monoisotopic (exact) mass is 280 g/mol. The molecule has 0 aliphatic heterocycles. The predicted octanol–water partition coefficient (Wildman–Crippen LogP) is 4.22. The van der Waals surface area contributed by atoms with E-state index in [2.05, 4.69) is 5.10 Å². The molecule has 0 atom stereocenters. The molecule has 4 rings (SSSR count). The highest BCUT2D eigenvalue weighted by molar-refractivity contribution is 5.97. The van der Waals surface area contributed by atoms with Gasteiger partial charge in [-0.1, -0.05) is 31.0 Å². The summed E-state index contributed by atoms with van der Waals surface area (Å²) in [6, 6.07) is 8.25. The average Bonchev–Trinajstić information content (AvgIpc) is 3.24. The number of para-hydroxylation sites is 1. The average molecular weight is 280 g/mol. The van der Waals surface area contributed by atoms with Gasteiger partial charge in [0, 0.05) is 17.1 Å². The van der Waals surface area contributed by atoms with Gasteiger partial charge in [-0.15, -0.1) is 0 Å². The topological polar surface area (TPSA) is 48.0 Å². The van der Waals surface area contributed by atoms with Crippen molar-refractivity contribution in [2.75, 3.05) is 0 Å². The van der Waals surface area contributed by atoms with Gasteiger partial charge in [0.25, 0.3) is 0 Å². The van der Waals surface area contributed by atoms with E-state index in [-0.39, 0.29) is 0 Å². The lowest BCUT2D eigenvalue weighted by atomic mass is 10.1. The van der Waals surface area contributed by atoms with Crippen LogP contribution in [0.2, 0.25) is 0 Å². The Balaban J connectivity index is 1.85. The fourth-order valence-corrected chi connectivity index (χ4v) is 3.22. The Hall–Kier alpha value is -2.36. The zero-order chi connectivity index (χ0) is 14.2. The summed E-state index contributed by atoms with van der Waals surface area (Å²) >= 11 is 0. The quantitative estimate of drug-likeness (QED) is 0.675. The molecule has 4 heteroatoms. The van der Waals surface area contributed by atoms with E-state index in [1.807, 2.05) is 35.1 Å². The van der Waals surface area contributed by atoms with Crippen LogP contribution in [0.25, 0.3) is 22.2 Å². The molecule has 0 bridgehead atoms. The molecule has 21 heavy (non-hydrogen) atoms. The van der Waals surface area contributed by atoms with Gasteiger partial charge in [-0.25, -0.2) is 0 Å². The molecule has 3 aromatic rings. The lowest BCUT2D eigenvalue weighted by molar-refractivity contribution is 0.112. The first-order chi connectivity index (χ1) is 10.4. The summed E-state index contributed by atoms with van der Waals surface area (Å²) in [7, 11) is 0. The molecule has 0 N–H and O–H groups in total. The third-order valence-electron chi connectivity index (χ3n) is 4.32. The van der Waals surface area contributed by atoms with Crippen LogP contribution in [0, 0.1) is 0 Å². The second-order valence-corrected chi connectivity index (χ2v) is 5.61. The summed E-state index contributed by atoms with van der Waals surface area (Å²) in [6.45, 7) is 0. The standard InChI is InChI=1S/C17H16N2O2/c20-10-12-9-19(13-5-1-2-6-13)18-17(12)15-11-21-16-8-4-3-7-14(15)16/h3-4,7-11,13H,1-2,5-6H2. The maximum absolute atomic E-state index is 11.4. The first kappa shape index (κ1) is 12.4. The van der Waals surface area contributed by atoms with Gasteiger partial charge in [-0.2, -0.15) is 5.10 Å². The molecule has 106 valence electrons. The van der Waals surface area contributed by atoms with Crippen LogP contribution in [-0.4, -0.2) is 16.1 Å². The molecule has 2 aromatic heterocycles. The van der Waals surface area contributed by atoms with Crippen LogP contribution in [-0.2, 0) is 0 Å². The number of benzene rings is 1. The molecular weight excluding hydrogens is 264 g/mol. The maximum Gasteiger partial charge on any atom is 0.153 e. The number of furan rings is 1. The van der Waals surface area contributed by atoms with Gasteiger partial charge in [-0.05, 0) is 18.9 Å². The molecule has 0 amide bonds. The van der Waals surface area contributed by atoms with E-state index in [9.17, 15) is 4.79 Å². The van der Waals surface area contributed by atoms with Crippen molar-refractivity contribution in [3.8, 4) is 11.3 Å². The minimum atomic E-state index is 0.426.